The molecule has 1 rings (SSSR count). The highest BCUT2D eigenvalue weighted by Crippen LogP contribution is 2.23. The Labute approximate surface area is 103 Å². The number of thiophene rings is 1. The Morgan fingerprint density at radius 2 is 2.35 bits per heavy atom. The van der Waals surface area contributed by atoms with Crippen LogP contribution in [0.15, 0.2) is 11.4 Å². The molecule has 94 valence electrons. The van der Waals surface area contributed by atoms with E-state index in [0.29, 0.717) is 19.5 Å². The zero-order chi connectivity index (χ0) is 12.8. The van der Waals surface area contributed by atoms with Gasteiger partial charge in [0, 0.05) is 24.4 Å². The summed E-state index contributed by atoms with van der Waals surface area (Å²) in [5, 5.41) is 20.9. The number of hydrogen-bond acceptors (Lipinski definition) is 5. The molecule has 0 aliphatic heterocycles. The second kappa shape index (κ2) is 6.31. The van der Waals surface area contributed by atoms with Gasteiger partial charge in [-0.05, 0) is 25.6 Å². The number of carboxylic acid groups (broad SMARTS) is 1. The highest BCUT2D eigenvalue weighted by Gasteiger charge is 2.10. The smallest absolute Gasteiger partial charge is 0.324 e. The summed E-state index contributed by atoms with van der Waals surface area (Å²) in [6.45, 7) is 1.26. The molecular weight excluding hydrogens is 244 g/mol. The molecule has 0 amide bonds. The van der Waals surface area contributed by atoms with Crippen LogP contribution in [0.2, 0.25) is 0 Å². The molecule has 0 saturated carbocycles. The van der Waals surface area contributed by atoms with Crippen LogP contribution in [0.5, 0.6) is 0 Å². The molecule has 0 aliphatic carbocycles. The van der Waals surface area contributed by atoms with E-state index in [1.165, 1.54) is 0 Å². The van der Waals surface area contributed by atoms with E-state index in [0.717, 1.165) is 16.9 Å². The van der Waals surface area contributed by atoms with Gasteiger partial charge < -0.3 is 10.0 Å². The summed E-state index contributed by atoms with van der Waals surface area (Å²) in [6, 6.07) is 1.55. The largest absolute Gasteiger partial charge is 0.481 e. The lowest BCUT2D eigenvalue weighted by Crippen LogP contribution is -2.19. The van der Waals surface area contributed by atoms with Gasteiger partial charge in [-0.3, -0.25) is 14.9 Å². The van der Waals surface area contributed by atoms with Crippen LogP contribution in [-0.2, 0) is 11.3 Å². The van der Waals surface area contributed by atoms with Crippen molar-refractivity contribution >= 4 is 22.3 Å². The van der Waals surface area contributed by atoms with Crippen molar-refractivity contribution in [2.45, 2.75) is 19.4 Å². The van der Waals surface area contributed by atoms with Crippen LogP contribution in [0, 0.1) is 10.1 Å². The van der Waals surface area contributed by atoms with Gasteiger partial charge in [-0.1, -0.05) is 11.3 Å². The normalized spacial score (nSPS) is 10.7. The van der Waals surface area contributed by atoms with Crippen LogP contribution >= 0.6 is 11.3 Å². The van der Waals surface area contributed by atoms with Crippen molar-refractivity contribution in [3.05, 3.63) is 27.1 Å². The average molecular weight is 258 g/mol. The molecule has 0 spiro atoms. The standard InChI is InChI=1S/C10H14N2O4S/c1-11(4-2-3-10(13)14)6-8-5-9(12(15)16)17-7-8/h5,7H,2-4,6H2,1H3,(H,13,14). The molecule has 7 heteroatoms. The number of carbonyl (C=O) groups is 1. The lowest BCUT2D eigenvalue weighted by molar-refractivity contribution is -0.380. The summed E-state index contributed by atoms with van der Waals surface area (Å²) in [5.74, 6) is -0.801. The Balaban J connectivity index is 2.36. The van der Waals surface area contributed by atoms with Gasteiger partial charge >= 0.3 is 11.0 Å². The van der Waals surface area contributed by atoms with Gasteiger partial charge in [0.1, 0.15) is 0 Å². The lowest BCUT2D eigenvalue weighted by atomic mass is 10.2. The average Bonchev–Trinajstić information content (AvgIpc) is 2.65. The molecule has 1 heterocycles. The first-order valence-electron chi connectivity index (χ1n) is 5.11. The molecule has 17 heavy (non-hydrogen) atoms. The minimum absolute atomic E-state index is 0.138. The predicted octanol–water partition coefficient (Wildman–Crippen LogP) is 1.95. The highest BCUT2D eigenvalue weighted by molar-refractivity contribution is 7.13. The fourth-order valence-corrected chi connectivity index (χ4v) is 2.15. The molecule has 1 aromatic heterocycles. The number of nitro groups is 1. The highest BCUT2D eigenvalue weighted by atomic mass is 32.1. The van der Waals surface area contributed by atoms with Crippen molar-refractivity contribution in [3.63, 3.8) is 0 Å². The van der Waals surface area contributed by atoms with Crippen molar-refractivity contribution < 1.29 is 14.8 Å². The van der Waals surface area contributed by atoms with Gasteiger partial charge in [-0.2, -0.15) is 0 Å². The van der Waals surface area contributed by atoms with Crippen molar-refractivity contribution in [3.8, 4) is 0 Å². The fourth-order valence-electron chi connectivity index (χ4n) is 1.43. The van der Waals surface area contributed by atoms with Crippen molar-refractivity contribution in [1.82, 2.24) is 4.90 Å². The van der Waals surface area contributed by atoms with E-state index in [2.05, 4.69) is 0 Å². The zero-order valence-corrected chi connectivity index (χ0v) is 10.3. The van der Waals surface area contributed by atoms with Crippen molar-refractivity contribution in [2.24, 2.45) is 0 Å². The van der Waals surface area contributed by atoms with Gasteiger partial charge in [0.15, 0.2) is 0 Å². The Kier molecular flexibility index (Phi) is 5.05. The fraction of sp³-hybridized carbons (Fsp3) is 0.500. The van der Waals surface area contributed by atoms with E-state index in [1.807, 2.05) is 11.9 Å². The van der Waals surface area contributed by atoms with E-state index in [4.69, 9.17) is 5.11 Å². The number of carboxylic acids is 1. The molecular formula is C10H14N2O4S. The van der Waals surface area contributed by atoms with Crippen LogP contribution in [0.4, 0.5) is 5.00 Å². The number of nitrogens with zero attached hydrogens (tertiary/aromatic N) is 2. The van der Waals surface area contributed by atoms with Crippen molar-refractivity contribution in [2.75, 3.05) is 13.6 Å². The summed E-state index contributed by atoms with van der Waals surface area (Å²) in [7, 11) is 1.87. The molecule has 0 atom stereocenters. The van der Waals surface area contributed by atoms with Gasteiger partial charge in [0.25, 0.3) is 0 Å². The van der Waals surface area contributed by atoms with Gasteiger partial charge in [0.2, 0.25) is 0 Å². The Bertz CT molecular complexity index is 405. The summed E-state index contributed by atoms with van der Waals surface area (Å²) in [5.41, 5.74) is 0.888. The summed E-state index contributed by atoms with van der Waals surface area (Å²) < 4.78 is 0. The first-order valence-corrected chi connectivity index (χ1v) is 5.99. The Morgan fingerprint density at radius 1 is 1.65 bits per heavy atom. The number of aliphatic carboxylic acids is 1. The topological polar surface area (TPSA) is 83.7 Å². The maximum atomic E-state index is 10.5. The monoisotopic (exact) mass is 258 g/mol. The second-order valence-corrected chi connectivity index (χ2v) is 4.68. The minimum Gasteiger partial charge on any atom is -0.481 e. The second-order valence-electron chi connectivity index (χ2n) is 3.79. The Hall–Kier alpha value is -1.47. The van der Waals surface area contributed by atoms with E-state index in [9.17, 15) is 14.9 Å². The van der Waals surface area contributed by atoms with E-state index in [-0.39, 0.29) is 11.4 Å². The number of hydrogen-bond donors (Lipinski definition) is 1. The molecule has 1 N–H and O–H groups in total. The summed E-state index contributed by atoms with van der Waals surface area (Å²) in [4.78, 5) is 22.4. The van der Waals surface area contributed by atoms with Crippen molar-refractivity contribution in [1.29, 1.82) is 0 Å². The van der Waals surface area contributed by atoms with Crippen LogP contribution in [0.3, 0.4) is 0 Å². The third-order valence-electron chi connectivity index (χ3n) is 2.20. The van der Waals surface area contributed by atoms with Gasteiger partial charge in [0.05, 0.1) is 4.92 Å². The van der Waals surface area contributed by atoms with Crippen LogP contribution in [-0.4, -0.2) is 34.5 Å². The van der Waals surface area contributed by atoms with E-state index in [1.54, 1.807) is 11.4 Å². The predicted molar refractivity (Wildman–Crippen MR) is 64.2 cm³/mol. The molecule has 0 aromatic carbocycles. The minimum atomic E-state index is -0.801. The molecule has 6 nitrogen and oxygen atoms in total. The van der Waals surface area contributed by atoms with E-state index >= 15 is 0 Å². The molecule has 0 saturated heterocycles. The van der Waals surface area contributed by atoms with Gasteiger partial charge in [-0.15, -0.1) is 0 Å². The Morgan fingerprint density at radius 3 is 2.88 bits per heavy atom. The van der Waals surface area contributed by atoms with Crippen LogP contribution in [0.1, 0.15) is 18.4 Å². The maximum Gasteiger partial charge on any atom is 0.324 e. The van der Waals surface area contributed by atoms with Gasteiger partial charge in [-0.25, -0.2) is 0 Å². The molecule has 0 aliphatic rings. The van der Waals surface area contributed by atoms with Crippen LogP contribution in [0.25, 0.3) is 0 Å². The summed E-state index contributed by atoms with van der Waals surface area (Å²) in [6.07, 6.45) is 0.728. The lowest BCUT2D eigenvalue weighted by Gasteiger charge is -2.14. The molecule has 1 aromatic rings. The molecule has 0 bridgehead atoms. The zero-order valence-electron chi connectivity index (χ0n) is 9.46. The first kappa shape index (κ1) is 13.6. The maximum absolute atomic E-state index is 10.5. The SMILES string of the molecule is CN(CCCC(=O)O)Cc1csc([N+](=O)[O-])c1. The molecule has 0 radical (unpaired) electrons. The first-order chi connectivity index (χ1) is 7.99. The van der Waals surface area contributed by atoms with Crippen LogP contribution < -0.4 is 0 Å². The van der Waals surface area contributed by atoms with E-state index < -0.39 is 10.9 Å². The quantitative estimate of drug-likeness (QED) is 0.597. The third kappa shape index (κ3) is 4.92. The summed E-state index contributed by atoms with van der Waals surface area (Å²) >= 11 is 1.11. The molecule has 0 fully saturated rings. The number of rotatable bonds is 7. The third-order valence-corrected chi connectivity index (χ3v) is 3.13. The molecule has 0 unspecified atom stereocenters.